The van der Waals surface area contributed by atoms with E-state index in [9.17, 15) is 9.59 Å². The molecule has 0 aliphatic carbocycles. The summed E-state index contributed by atoms with van der Waals surface area (Å²) in [5.74, 6) is -0.662. The topological polar surface area (TPSA) is 55.4 Å². The first-order valence-corrected chi connectivity index (χ1v) is 8.96. The summed E-state index contributed by atoms with van der Waals surface area (Å²) in [6, 6.07) is 11.6. The molecule has 0 unspecified atom stereocenters. The summed E-state index contributed by atoms with van der Waals surface area (Å²) in [5, 5.41) is 3.61. The number of nitrogens with one attached hydrogen (secondary N) is 1. The highest BCUT2D eigenvalue weighted by Crippen LogP contribution is 2.23. The molecule has 0 saturated carbocycles. The fourth-order valence-corrected chi connectivity index (χ4v) is 2.36. The van der Waals surface area contributed by atoms with E-state index in [4.69, 9.17) is 27.9 Å². The van der Waals surface area contributed by atoms with Gasteiger partial charge in [0.1, 0.15) is 0 Å². The number of ether oxygens (including phenoxy) is 1. The molecule has 0 heterocycles. The normalized spacial score (nSPS) is 10.7. The Morgan fingerprint density at radius 3 is 2.46 bits per heavy atom. The predicted octanol–water partition coefficient (Wildman–Crippen LogP) is 5.60. The molecular formula is C20H19Cl2NO3. The SMILES string of the molecule is CCCCOC(=O)c1ccc(NC(=O)C=Cc2ccc(Cl)c(Cl)c2)cc1. The minimum Gasteiger partial charge on any atom is -0.462 e. The van der Waals surface area contributed by atoms with Gasteiger partial charge in [0.2, 0.25) is 5.91 Å². The first-order chi connectivity index (χ1) is 12.5. The third-order valence-electron chi connectivity index (χ3n) is 3.49. The van der Waals surface area contributed by atoms with Gasteiger partial charge in [0, 0.05) is 11.8 Å². The molecule has 0 spiro atoms. The summed E-state index contributed by atoms with van der Waals surface area (Å²) >= 11 is 11.8. The molecule has 0 aromatic heterocycles. The van der Waals surface area contributed by atoms with E-state index >= 15 is 0 Å². The van der Waals surface area contributed by atoms with Crippen molar-refractivity contribution in [3.63, 3.8) is 0 Å². The maximum atomic E-state index is 12.0. The number of hydrogen-bond acceptors (Lipinski definition) is 3. The molecular weight excluding hydrogens is 373 g/mol. The molecule has 26 heavy (non-hydrogen) atoms. The Hall–Kier alpha value is -2.30. The molecule has 0 radical (unpaired) electrons. The van der Waals surface area contributed by atoms with Crippen LogP contribution in [0, 0.1) is 0 Å². The van der Waals surface area contributed by atoms with Crippen molar-refractivity contribution < 1.29 is 14.3 Å². The van der Waals surface area contributed by atoms with Crippen LogP contribution in [0.4, 0.5) is 5.69 Å². The maximum Gasteiger partial charge on any atom is 0.338 e. The minimum absolute atomic E-state index is 0.297. The number of hydrogen-bond donors (Lipinski definition) is 1. The van der Waals surface area contributed by atoms with Crippen LogP contribution in [0.3, 0.4) is 0 Å². The molecule has 136 valence electrons. The van der Waals surface area contributed by atoms with Crippen LogP contribution in [0.2, 0.25) is 10.0 Å². The van der Waals surface area contributed by atoms with Gasteiger partial charge in [0.25, 0.3) is 0 Å². The highest BCUT2D eigenvalue weighted by Gasteiger charge is 2.07. The van der Waals surface area contributed by atoms with Crippen molar-refractivity contribution in [1.29, 1.82) is 0 Å². The Kier molecular flexibility index (Phi) is 7.70. The summed E-state index contributed by atoms with van der Waals surface area (Å²) in [6.07, 6.45) is 4.84. The second kappa shape index (κ2) is 10.00. The highest BCUT2D eigenvalue weighted by atomic mass is 35.5. The predicted molar refractivity (Wildman–Crippen MR) is 106 cm³/mol. The third kappa shape index (κ3) is 6.21. The number of carbonyl (C=O) groups is 2. The lowest BCUT2D eigenvalue weighted by atomic mass is 10.2. The van der Waals surface area contributed by atoms with E-state index in [1.54, 1.807) is 48.5 Å². The summed E-state index contributed by atoms with van der Waals surface area (Å²) in [6.45, 7) is 2.44. The van der Waals surface area contributed by atoms with E-state index in [0.29, 0.717) is 27.9 Å². The van der Waals surface area contributed by atoms with Gasteiger partial charge < -0.3 is 10.1 Å². The van der Waals surface area contributed by atoms with E-state index < -0.39 is 0 Å². The van der Waals surface area contributed by atoms with E-state index in [0.717, 1.165) is 18.4 Å². The van der Waals surface area contributed by atoms with E-state index in [1.165, 1.54) is 6.08 Å². The zero-order valence-corrected chi connectivity index (χ0v) is 15.8. The van der Waals surface area contributed by atoms with Crippen LogP contribution < -0.4 is 5.32 Å². The van der Waals surface area contributed by atoms with Gasteiger partial charge in [-0.2, -0.15) is 0 Å². The van der Waals surface area contributed by atoms with Crippen molar-refractivity contribution in [2.45, 2.75) is 19.8 Å². The van der Waals surface area contributed by atoms with Crippen molar-refractivity contribution >= 4 is 46.8 Å². The lowest BCUT2D eigenvalue weighted by Gasteiger charge is -2.06. The molecule has 1 N–H and O–H groups in total. The van der Waals surface area contributed by atoms with Gasteiger partial charge >= 0.3 is 5.97 Å². The van der Waals surface area contributed by atoms with Gasteiger partial charge in [-0.25, -0.2) is 4.79 Å². The molecule has 0 saturated heterocycles. The highest BCUT2D eigenvalue weighted by molar-refractivity contribution is 6.42. The van der Waals surface area contributed by atoms with Gasteiger partial charge in [-0.3, -0.25) is 4.79 Å². The molecule has 0 fully saturated rings. The second-order valence-corrected chi connectivity index (χ2v) is 6.38. The Balaban J connectivity index is 1.91. The van der Waals surface area contributed by atoms with Crippen LogP contribution in [0.15, 0.2) is 48.5 Å². The molecule has 0 bridgehead atoms. The maximum absolute atomic E-state index is 12.0. The summed E-state index contributed by atoms with van der Waals surface area (Å²) in [5.41, 5.74) is 1.80. The first kappa shape index (κ1) is 20.0. The van der Waals surface area contributed by atoms with Gasteiger partial charge in [-0.1, -0.05) is 42.6 Å². The molecule has 0 aliphatic rings. The second-order valence-electron chi connectivity index (χ2n) is 5.56. The van der Waals surface area contributed by atoms with Gasteiger partial charge in [0.05, 0.1) is 22.2 Å². The van der Waals surface area contributed by atoms with Crippen LogP contribution in [-0.4, -0.2) is 18.5 Å². The number of halogens is 2. The van der Waals surface area contributed by atoms with Crippen molar-refractivity contribution in [2.75, 3.05) is 11.9 Å². The van der Waals surface area contributed by atoms with Crippen molar-refractivity contribution in [3.05, 3.63) is 69.7 Å². The molecule has 2 aromatic carbocycles. The molecule has 2 aromatic rings. The van der Waals surface area contributed by atoms with E-state index in [1.807, 2.05) is 6.92 Å². The lowest BCUT2D eigenvalue weighted by Crippen LogP contribution is -2.09. The molecule has 6 heteroatoms. The minimum atomic E-state index is -0.365. The van der Waals surface area contributed by atoms with Gasteiger partial charge in [0.15, 0.2) is 0 Å². The van der Waals surface area contributed by atoms with Crippen molar-refractivity contribution in [3.8, 4) is 0 Å². The number of benzene rings is 2. The smallest absolute Gasteiger partial charge is 0.338 e. The fraction of sp³-hybridized carbons (Fsp3) is 0.200. The Morgan fingerprint density at radius 1 is 1.08 bits per heavy atom. The van der Waals surface area contributed by atoms with Gasteiger partial charge in [-0.15, -0.1) is 0 Å². The number of esters is 1. The van der Waals surface area contributed by atoms with E-state index in [2.05, 4.69) is 5.32 Å². The van der Waals surface area contributed by atoms with Gasteiger partial charge in [-0.05, 0) is 54.5 Å². The van der Waals surface area contributed by atoms with E-state index in [-0.39, 0.29) is 11.9 Å². The first-order valence-electron chi connectivity index (χ1n) is 8.21. The van der Waals surface area contributed by atoms with Crippen LogP contribution in [-0.2, 0) is 9.53 Å². The monoisotopic (exact) mass is 391 g/mol. The van der Waals surface area contributed by atoms with Crippen LogP contribution in [0.1, 0.15) is 35.7 Å². The van der Waals surface area contributed by atoms with Crippen LogP contribution >= 0.6 is 23.2 Å². The molecule has 1 amide bonds. The fourth-order valence-electron chi connectivity index (χ4n) is 2.05. The van der Waals surface area contributed by atoms with Crippen LogP contribution in [0.25, 0.3) is 6.08 Å². The largest absolute Gasteiger partial charge is 0.462 e. The Morgan fingerprint density at radius 2 is 1.81 bits per heavy atom. The number of rotatable bonds is 7. The number of unbranched alkanes of at least 4 members (excludes halogenated alkanes) is 1. The molecule has 0 aliphatic heterocycles. The Labute approximate surface area is 162 Å². The average molecular weight is 392 g/mol. The van der Waals surface area contributed by atoms with Crippen molar-refractivity contribution in [1.82, 2.24) is 0 Å². The zero-order chi connectivity index (χ0) is 18.9. The summed E-state index contributed by atoms with van der Waals surface area (Å²) in [4.78, 5) is 23.8. The lowest BCUT2D eigenvalue weighted by molar-refractivity contribution is -0.111. The number of amides is 1. The number of carbonyl (C=O) groups excluding carboxylic acids is 2. The number of anilines is 1. The van der Waals surface area contributed by atoms with Crippen LogP contribution in [0.5, 0.6) is 0 Å². The quantitative estimate of drug-likeness (QED) is 0.379. The summed E-state index contributed by atoms with van der Waals surface area (Å²) in [7, 11) is 0. The molecule has 0 atom stereocenters. The zero-order valence-electron chi connectivity index (χ0n) is 14.3. The Bertz CT molecular complexity index is 801. The third-order valence-corrected chi connectivity index (χ3v) is 4.23. The molecule has 2 rings (SSSR count). The molecule has 4 nitrogen and oxygen atoms in total. The average Bonchev–Trinajstić information content (AvgIpc) is 2.63. The summed E-state index contributed by atoms with van der Waals surface area (Å²) < 4.78 is 5.14. The standard InChI is InChI=1S/C20H19Cl2NO3/c1-2-3-12-26-20(25)15-6-8-16(9-7-15)23-19(24)11-5-14-4-10-17(21)18(22)13-14/h4-11,13H,2-3,12H2,1H3,(H,23,24). The van der Waals surface area contributed by atoms with Crippen molar-refractivity contribution in [2.24, 2.45) is 0 Å².